The third-order valence-electron chi connectivity index (χ3n) is 3.45. The molecule has 2 aromatic rings. The highest BCUT2D eigenvalue weighted by molar-refractivity contribution is 9.11. The van der Waals surface area contributed by atoms with Gasteiger partial charge in [0.1, 0.15) is 5.57 Å². The number of aryl methyl sites for hydroxylation is 2. The number of anilines is 1. The Morgan fingerprint density at radius 2 is 1.75 bits per heavy atom. The topological polar surface area (TPSA) is 66.5 Å². The Kier molecular flexibility index (Phi) is 4.38. The van der Waals surface area contributed by atoms with Gasteiger partial charge in [0.2, 0.25) is 0 Å². The average molecular weight is 405 g/mol. The molecule has 1 aromatic carbocycles. The fraction of sp³-hybridized carbons (Fsp3) is 0.118. The van der Waals surface area contributed by atoms with Crippen molar-refractivity contribution in [2.75, 3.05) is 4.90 Å². The smallest absolute Gasteiger partial charge is 0.273 e. The molecule has 0 radical (unpaired) electrons. The summed E-state index contributed by atoms with van der Waals surface area (Å²) in [6.07, 6.45) is 1.50. The maximum atomic E-state index is 12.7. The number of rotatable bonds is 2. The molecule has 122 valence electrons. The number of imide groups is 2. The van der Waals surface area contributed by atoms with Crippen molar-refractivity contribution in [3.8, 4) is 0 Å². The van der Waals surface area contributed by atoms with Gasteiger partial charge in [0.25, 0.3) is 11.8 Å². The Balaban J connectivity index is 2.04. The summed E-state index contributed by atoms with van der Waals surface area (Å²) in [4.78, 5) is 38.8. The standard InChI is InChI=1S/C17H13BrN2O3S/c1-9-5-10(2)7-11(6-9)20-16(22)13(15(21)19-17(20)23)8-12-3-4-14(18)24-12/h3-8H,1-2H3,(H,19,21,23). The number of hydrogen-bond donors (Lipinski definition) is 1. The minimum atomic E-state index is -0.737. The molecule has 0 spiro atoms. The SMILES string of the molecule is Cc1cc(C)cc(N2C(=O)NC(=O)C(=Cc3ccc(Br)s3)C2=O)c1. The lowest BCUT2D eigenvalue weighted by Gasteiger charge is -2.26. The van der Waals surface area contributed by atoms with E-state index in [4.69, 9.17) is 0 Å². The highest BCUT2D eigenvalue weighted by Crippen LogP contribution is 2.27. The second kappa shape index (κ2) is 6.33. The predicted molar refractivity (Wildman–Crippen MR) is 96.9 cm³/mol. The largest absolute Gasteiger partial charge is 0.335 e. The van der Waals surface area contributed by atoms with E-state index in [9.17, 15) is 14.4 Å². The Labute approximate surface area is 151 Å². The van der Waals surface area contributed by atoms with Crippen LogP contribution < -0.4 is 10.2 Å². The third-order valence-corrected chi connectivity index (χ3v) is 5.02. The van der Waals surface area contributed by atoms with Crippen molar-refractivity contribution in [1.29, 1.82) is 0 Å². The van der Waals surface area contributed by atoms with Crippen LogP contribution in [0.15, 0.2) is 39.7 Å². The van der Waals surface area contributed by atoms with Gasteiger partial charge in [-0.25, -0.2) is 9.69 Å². The summed E-state index contributed by atoms with van der Waals surface area (Å²) in [5.74, 6) is -1.31. The number of barbiturate groups is 1. The number of nitrogens with one attached hydrogen (secondary N) is 1. The molecule has 0 aliphatic carbocycles. The van der Waals surface area contributed by atoms with Crippen molar-refractivity contribution >= 4 is 56.9 Å². The zero-order chi connectivity index (χ0) is 17.4. The molecule has 1 N–H and O–H groups in total. The van der Waals surface area contributed by atoms with Crippen LogP contribution in [0, 0.1) is 13.8 Å². The maximum Gasteiger partial charge on any atom is 0.335 e. The summed E-state index contributed by atoms with van der Waals surface area (Å²) in [5, 5.41) is 2.23. The number of amides is 4. The zero-order valence-corrected chi connectivity index (χ0v) is 15.3. The fourth-order valence-corrected chi connectivity index (χ4v) is 3.89. The van der Waals surface area contributed by atoms with Crippen LogP contribution in [0.1, 0.15) is 16.0 Å². The second-order valence-electron chi connectivity index (χ2n) is 5.45. The number of hydrogen-bond acceptors (Lipinski definition) is 4. The van der Waals surface area contributed by atoms with Gasteiger partial charge in [-0.3, -0.25) is 14.9 Å². The molecule has 1 saturated heterocycles. The van der Waals surface area contributed by atoms with E-state index in [2.05, 4.69) is 21.2 Å². The van der Waals surface area contributed by atoms with Crippen molar-refractivity contribution in [3.63, 3.8) is 0 Å². The van der Waals surface area contributed by atoms with Gasteiger partial charge in [0, 0.05) is 4.88 Å². The number of thiophene rings is 1. The molecule has 24 heavy (non-hydrogen) atoms. The lowest BCUT2D eigenvalue weighted by atomic mass is 10.1. The van der Waals surface area contributed by atoms with Gasteiger partial charge in [-0.2, -0.15) is 0 Å². The molecule has 0 unspecified atom stereocenters. The molecule has 0 atom stereocenters. The van der Waals surface area contributed by atoms with Crippen molar-refractivity contribution in [3.05, 3.63) is 55.7 Å². The first-order chi connectivity index (χ1) is 11.3. The van der Waals surface area contributed by atoms with Crippen molar-refractivity contribution in [1.82, 2.24) is 5.32 Å². The minimum Gasteiger partial charge on any atom is -0.273 e. The van der Waals surface area contributed by atoms with Crippen LogP contribution in [-0.4, -0.2) is 17.8 Å². The van der Waals surface area contributed by atoms with Crippen molar-refractivity contribution < 1.29 is 14.4 Å². The number of carbonyl (C=O) groups excluding carboxylic acids is 3. The molecular formula is C17H13BrN2O3S. The van der Waals surface area contributed by atoms with Crippen LogP contribution in [0.4, 0.5) is 10.5 Å². The molecule has 1 aliphatic rings. The molecule has 1 fully saturated rings. The lowest BCUT2D eigenvalue weighted by molar-refractivity contribution is -0.122. The Morgan fingerprint density at radius 3 is 2.33 bits per heavy atom. The van der Waals surface area contributed by atoms with Gasteiger partial charge >= 0.3 is 6.03 Å². The van der Waals surface area contributed by atoms with Crippen LogP contribution in [0.2, 0.25) is 0 Å². The van der Waals surface area contributed by atoms with Gasteiger partial charge in [0.05, 0.1) is 9.47 Å². The summed E-state index contributed by atoms with van der Waals surface area (Å²) in [7, 11) is 0. The quantitative estimate of drug-likeness (QED) is 0.611. The second-order valence-corrected chi connectivity index (χ2v) is 7.94. The van der Waals surface area contributed by atoms with E-state index in [0.717, 1.165) is 24.7 Å². The van der Waals surface area contributed by atoms with Gasteiger partial charge in [-0.1, -0.05) is 6.07 Å². The Bertz CT molecular complexity index is 881. The van der Waals surface area contributed by atoms with E-state index in [1.54, 1.807) is 18.2 Å². The van der Waals surface area contributed by atoms with E-state index >= 15 is 0 Å². The van der Waals surface area contributed by atoms with Crippen LogP contribution in [-0.2, 0) is 9.59 Å². The van der Waals surface area contributed by atoms with Gasteiger partial charge in [-0.15, -0.1) is 11.3 Å². The number of nitrogens with zero attached hydrogens (tertiary/aromatic N) is 1. The third kappa shape index (κ3) is 3.18. The fourth-order valence-electron chi connectivity index (χ4n) is 2.52. The van der Waals surface area contributed by atoms with Gasteiger partial charge in [-0.05, 0) is 71.2 Å². The van der Waals surface area contributed by atoms with Crippen molar-refractivity contribution in [2.24, 2.45) is 0 Å². The van der Waals surface area contributed by atoms with E-state index in [1.165, 1.54) is 17.4 Å². The maximum absolute atomic E-state index is 12.7. The molecular weight excluding hydrogens is 392 g/mol. The number of carbonyl (C=O) groups is 3. The minimum absolute atomic E-state index is 0.0666. The summed E-state index contributed by atoms with van der Waals surface area (Å²) in [5.41, 5.74) is 2.23. The summed E-state index contributed by atoms with van der Waals surface area (Å²) in [6.45, 7) is 3.77. The van der Waals surface area contributed by atoms with Crippen LogP contribution in [0.3, 0.4) is 0 Å². The molecule has 4 amide bonds. The molecule has 0 bridgehead atoms. The van der Waals surface area contributed by atoms with E-state index in [-0.39, 0.29) is 5.57 Å². The summed E-state index contributed by atoms with van der Waals surface area (Å²) in [6, 6.07) is 8.30. The zero-order valence-electron chi connectivity index (χ0n) is 12.9. The summed E-state index contributed by atoms with van der Waals surface area (Å²) >= 11 is 4.73. The lowest BCUT2D eigenvalue weighted by Crippen LogP contribution is -2.54. The molecule has 1 aromatic heterocycles. The number of halogens is 1. The first-order valence-corrected chi connectivity index (χ1v) is 8.71. The number of benzene rings is 1. The van der Waals surface area contributed by atoms with Gasteiger partial charge < -0.3 is 0 Å². The molecule has 7 heteroatoms. The van der Waals surface area contributed by atoms with Crippen molar-refractivity contribution in [2.45, 2.75) is 13.8 Å². The first-order valence-electron chi connectivity index (χ1n) is 7.10. The first kappa shape index (κ1) is 16.6. The molecule has 5 nitrogen and oxygen atoms in total. The van der Waals surface area contributed by atoms with E-state index < -0.39 is 17.8 Å². The Hall–Kier alpha value is -2.25. The molecule has 1 aliphatic heterocycles. The average Bonchev–Trinajstić information content (AvgIpc) is 2.87. The summed E-state index contributed by atoms with van der Waals surface area (Å²) < 4.78 is 0.889. The van der Waals surface area contributed by atoms with Crippen LogP contribution in [0.5, 0.6) is 0 Å². The highest BCUT2D eigenvalue weighted by atomic mass is 79.9. The molecule has 3 rings (SSSR count). The Morgan fingerprint density at radius 1 is 1.08 bits per heavy atom. The molecule has 2 heterocycles. The monoisotopic (exact) mass is 404 g/mol. The highest BCUT2D eigenvalue weighted by Gasteiger charge is 2.37. The van der Waals surface area contributed by atoms with E-state index in [1.807, 2.05) is 26.0 Å². The normalized spacial score (nSPS) is 16.7. The van der Waals surface area contributed by atoms with Crippen LogP contribution >= 0.6 is 27.3 Å². The van der Waals surface area contributed by atoms with Gasteiger partial charge in [0.15, 0.2) is 0 Å². The van der Waals surface area contributed by atoms with Crippen LogP contribution in [0.25, 0.3) is 6.08 Å². The molecule has 0 saturated carbocycles. The van der Waals surface area contributed by atoms with E-state index in [0.29, 0.717) is 5.69 Å². The number of urea groups is 1. The predicted octanol–water partition coefficient (Wildman–Crippen LogP) is 3.79.